The van der Waals surface area contributed by atoms with Crippen LogP contribution >= 0.6 is 0 Å². The Hall–Kier alpha value is -0.860. The minimum atomic E-state index is 0.00482. The largest absolute Gasteiger partial charge is 0.353 e. The molecule has 1 aromatic rings. The Morgan fingerprint density at radius 2 is 2.07 bits per heavy atom. The van der Waals surface area contributed by atoms with Crippen LogP contribution in [0.4, 0.5) is 0 Å². The molecule has 1 heterocycles. The molecule has 14 heavy (non-hydrogen) atoms. The van der Waals surface area contributed by atoms with E-state index < -0.39 is 0 Å². The molecule has 1 aliphatic heterocycles. The Morgan fingerprint density at radius 1 is 1.29 bits per heavy atom. The van der Waals surface area contributed by atoms with Crippen LogP contribution in [-0.2, 0) is 9.47 Å². The fraction of sp³-hybridized carbons (Fsp3) is 0.500. The van der Waals surface area contributed by atoms with Crippen LogP contribution in [-0.4, -0.2) is 12.9 Å². The second kappa shape index (κ2) is 4.58. The van der Waals surface area contributed by atoms with Crippen molar-refractivity contribution < 1.29 is 9.47 Å². The van der Waals surface area contributed by atoms with E-state index in [0.29, 0.717) is 0 Å². The first-order chi connectivity index (χ1) is 6.90. The average Bonchev–Trinajstić information content (AvgIpc) is 2.68. The van der Waals surface area contributed by atoms with Crippen molar-refractivity contribution in [1.82, 2.24) is 0 Å². The molecule has 0 N–H and O–H groups in total. The first-order valence-electron chi connectivity index (χ1n) is 5.22. The summed E-state index contributed by atoms with van der Waals surface area (Å²) in [4.78, 5) is 0. The number of hydrogen-bond acceptors (Lipinski definition) is 2. The Kier molecular flexibility index (Phi) is 3.17. The quantitative estimate of drug-likeness (QED) is 0.733. The highest BCUT2D eigenvalue weighted by Gasteiger charge is 2.26. The van der Waals surface area contributed by atoms with Gasteiger partial charge in [0.1, 0.15) is 0 Å². The van der Waals surface area contributed by atoms with Crippen LogP contribution < -0.4 is 0 Å². The summed E-state index contributed by atoms with van der Waals surface area (Å²) in [5.74, 6) is 0. The summed E-state index contributed by atoms with van der Waals surface area (Å²) in [6.45, 7) is 2.73. The van der Waals surface area contributed by atoms with Crippen molar-refractivity contribution in [3.63, 3.8) is 0 Å². The fourth-order valence-corrected chi connectivity index (χ4v) is 1.83. The minimum Gasteiger partial charge on any atom is -0.353 e. The fourth-order valence-electron chi connectivity index (χ4n) is 1.83. The highest BCUT2D eigenvalue weighted by atomic mass is 16.7. The second-order valence-corrected chi connectivity index (χ2v) is 3.50. The lowest BCUT2D eigenvalue weighted by Crippen LogP contribution is -2.10. The summed E-state index contributed by atoms with van der Waals surface area (Å²) >= 11 is 0. The summed E-state index contributed by atoms with van der Waals surface area (Å²) < 4.78 is 11.2. The van der Waals surface area contributed by atoms with Gasteiger partial charge in [0.2, 0.25) is 0 Å². The van der Waals surface area contributed by atoms with Crippen LogP contribution in [0, 0.1) is 0 Å². The zero-order valence-corrected chi connectivity index (χ0v) is 8.48. The molecule has 1 saturated heterocycles. The molecular weight excluding hydrogens is 176 g/mol. The first-order valence-corrected chi connectivity index (χ1v) is 5.22. The smallest absolute Gasteiger partial charge is 0.158 e. The molecule has 0 bridgehead atoms. The van der Waals surface area contributed by atoms with Crippen LogP contribution in [0.15, 0.2) is 30.3 Å². The predicted molar refractivity (Wildman–Crippen MR) is 54.9 cm³/mol. The van der Waals surface area contributed by atoms with Gasteiger partial charge in [0.05, 0.1) is 6.10 Å². The Morgan fingerprint density at radius 3 is 2.79 bits per heavy atom. The van der Waals surface area contributed by atoms with Crippen molar-refractivity contribution in [1.29, 1.82) is 0 Å². The van der Waals surface area contributed by atoms with Gasteiger partial charge in [-0.25, -0.2) is 0 Å². The van der Waals surface area contributed by atoms with E-state index in [1.165, 1.54) is 5.56 Å². The van der Waals surface area contributed by atoms with Gasteiger partial charge < -0.3 is 9.47 Å². The molecule has 1 fully saturated rings. The molecule has 2 rings (SSSR count). The van der Waals surface area contributed by atoms with Gasteiger partial charge >= 0.3 is 0 Å². The monoisotopic (exact) mass is 192 g/mol. The molecule has 0 radical (unpaired) electrons. The van der Waals surface area contributed by atoms with Gasteiger partial charge in [0.15, 0.2) is 6.29 Å². The SMILES string of the molecule is CCO[C@H]1CC[C@H](c2ccccc2)O1. The third-order valence-corrected chi connectivity index (χ3v) is 2.50. The van der Waals surface area contributed by atoms with Crippen molar-refractivity contribution >= 4 is 0 Å². The summed E-state index contributed by atoms with van der Waals surface area (Å²) in [6.07, 6.45) is 2.31. The predicted octanol–water partition coefficient (Wildman–Crippen LogP) is 2.90. The van der Waals surface area contributed by atoms with Crippen molar-refractivity contribution in [3.8, 4) is 0 Å². The highest BCUT2D eigenvalue weighted by molar-refractivity contribution is 5.18. The van der Waals surface area contributed by atoms with Crippen molar-refractivity contribution in [2.45, 2.75) is 32.2 Å². The topological polar surface area (TPSA) is 18.5 Å². The van der Waals surface area contributed by atoms with Crippen LogP contribution in [0.25, 0.3) is 0 Å². The molecule has 76 valence electrons. The van der Waals surface area contributed by atoms with Gasteiger partial charge in [0.25, 0.3) is 0 Å². The standard InChI is InChI=1S/C12H16O2/c1-2-13-12-9-8-11(14-12)10-6-4-3-5-7-10/h3-7,11-12H,2,8-9H2,1H3/t11-,12-/m1/s1. The third kappa shape index (κ3) is 2.14. The third-order valence-electron chi connectivity index (χ3n) is 2.50. The van der Waals surface area contributed by atoms with Gasteiger partial charge in [-0.15, -0.1) is 0 Å². The average molecular weight is 192 g/mol. The maximum atomic E-state index is 5.77. The zero-order valence-electron chi connectivity index (χ0n) is 8.48. The summed E-state index contributed by atoms with van der Waals surface area (Å²) in [6, 6.07) is 10.3. The second-order valence-electron chi connectivity index (χ2n) is 3.50. The first kappa shape index (κ1) is 9.69. The maximum Gasteiger partial charge on any atom is 0.158 e. The van der Waals surface area contributed by atoms with Gasteiger partial charge in [-0.05, 0) is 18.9 Å². The number of hydrogen-bond donors (Lipinski definition) is 0. The molecule has 1 aromatic carbocycles. The van der Waals surface area contributed by atoms with E-state index in [9.17, 15) is 0 Å². The molecule has 2 heteroatoms. The van der Waals surface area contributed by atoms with Gasteiger partial charge in [0, 0.05) is 13.0 Å². The number of ether oxygens (including phenoxy) is 2. The minimum absolute atomic E-state index is 0.00482. The Bertz CT molecular complexity index is 271. The van der Waals surface area contributed by atoms with E-state index in [0.717, 1.165) is 19.4 Å². The Balaban J connectivity index is 1.96. The maximum absolute atomic E-state index is 5.77. The number of rotatable bonds is 3. The lowest BCUT2D eigenvalue weighted by molar-refractivity contribution is -0.131. The van der Waals surface area contributed by atoms with Gasteiger partial charge in [-0.2, -0.15) is 0 Å². The Labute approximate surface area is 84.8 Å². The molecule has 0 unspecified atom stereocenters. The highest BCUT2D eigenvalue weighted by Crippen LogP contribution is 2.32. The van der Waals surface area contributed by atoms with Crippen molar-refractivity contribution in [3.05, 3.63) is 35.9 Å². The van der Waals surface area contributed by atoms with Gasteiger partial charge in [-0.1, -0.05) is 30.3 Å². The zero-order chi connectivity index (χ0) is 9.80. The summed E-state index contributed by atoms with van der Waals surface area (Å²) in [5.41, 5.74) is 1.26. The molecule has 0 spiro atoms. The molecule has 0 saturated carbocycles. The van der Waals surface area contributed by atoms with E-state index in [1.54, 1.807) is 0 Å². The lowest BCUT2D eigenvalue weighted by Gasteiger charge is -2.13. The van der Waals surface area contributed by atoms with Gasteiger partial charge in [-0.3, -0.25) is 0 Å². The molecule has 0 aromatic heterocycles. The van der Waals surface area contributed by atoms with Crippen molar-refractivity contribution in [2.24, 2.45) is 0 Å². The lowest BCUT2D eigenvalue weighted by atomic mass is 10.1. The molecule has 2 atom stereocenters. The van der Waals surface area contributed by atoms with E-state index in [1.807, 2.05) is 25.1 Å². The number of benzene rings is 1. The van der Waals surface area contributed by atoms with E-state index in [-0.39, 0.29) is 12.4 Å². The van der Waals surface area contributed by atoms with Crippen LogP contribution in [0.2, 0.25) is 0 Å². The van der Waals surface area contributed by atoms with Crippen LogP contribution in [0.3, 0.4) is 0 Å². The van der Waals surface area contributed by atoms with Crippen LogP contribution in [0.1, 0.15) is 31.4 Å². The van der Waals surface area contributed by atoms with E-state index >= 15 is 0 Å². The molecule has 2 nitrogen and oxygen atoms in total. The van der Waals surface area contributed by atoms with E-state index in [2.05, 4.69) is 12.1 Å². The van der Waals surface area contributed by atoms with Crippen LogP contribution in [0.5, 0.6) is 0 Å². The summed E-state index contributed by atoms with van der Waals surface area (Å²) in [7, 11) is 0. The normalized spacial score (nSPS) is 26.6. The molecule has 0 amide bonds. The molecular formula is C12H16O2. The molecule has 0 aliphatic carbocycles. The summed E-state index contributed by atoms with van der Waals surface area (Å²) in [5, 5.41) is 0. The molecule has 1 aliphatic rings. The van der Waals surface area contributed by atoms with Crippen molar-refractivity contribution in [2.75, 3.05) is 6.61 Å². The van der Waals surface area contributed by atoms with E-state index in [4.69, 9.17) is 9.47 Å².